The van der Waals surface area contributed by atoms with Crippen LogP contribution in [0.3, 0.4) is 0 Å². The van der Waals surface area contributed by atoms with Crippen LogP contribution >= 0.6 is 0 Å². The highest BCUT2D eigenvalue weighted by Gasteiger charge is 2.28. The van der Waals surface area contributed by atoms with Crippen molar-refractivity contribution in [3.05, 3.63) is 59.7 Å². The summed E-state index contributed by atoms with van der Waals surface area (Å²) in [5.74, 6) is -0.363. The largest absolute Gasteiger partial charge is 0.352 e. The van der Waals surface area contributed by atoms with Crippen molar-refractivity contribution < 1.29 is 18.0 Å². The fourth-order valence-corrected chi connectivity index (χ4v) is 5.97. The highest BCUT2D eigenvalue weighted by molar-refractivity contribution is 7.89. The van der Waals surface area contributed by atoms with E-state index in [9.17, 15) is 18.0 Å². The molecule has 0 unspecified atom stereocenters. The lowest BCUT2D eigenvalue weighted by Gasteiger charge is -2.25. The molecule has 1 heterocycles. The Morgan fingerprint density at radius 1 is 0.971 bits per heavy atom. The molecule has 1 atom stereocenters. The van der Waals surface area contributed by atoms with Crippen LogP contribution in [0, 0.1) is 0 Å². The first-order chi connectivity index (χ1) is 16.4. The first-order valence-electron chi connectivity index (χ1n) is 12.2. The molecule has 7 nitrogen and oxygen atoms in total. The van der Waals surface area contributed by atoms with Gasteiger partial charge in [0.05, 0.1) is 4.90 Å². The quantitative estimate of drug-likeness (QED) is 0.559. The number of nitrogens with one attached hydrogen (secondary N) is 3. The van der Waals surface area contributed by atoms with Crippen LogP contribution in [0.5, 0.6) is 0 Å². The lowest BCUT2D eigenvalue weighted by atomic mass is 9.96. The molecule has 1 saturated carbocycles. The minimum absolute atomic E-state index is 0.0722. The molecule has 0 bridgehead atoms. The zero-order valence-electron chi connectivity index (χ0n) is 19.4. The molecule has 2 aliphatic rings. The Morgan fingerprint density at radius 3 is 2.41 bits per heavy atom. The molecule has 1 aliphatic carbocycles. The van der Waals surface area contributed by atoms with Crippen molar-refractivity contribution in [3.63, 3.8) is 0 Å². The van der Waals surface area contributed by atoms with Crippen molar-refractivity contribution in [2.24, 2.45) is 0 Å². The Labute approximate surface area is 201 Å². The predicted molar refractivity (Wildman–Crippen MR) is 132 cm³/mol. The molecular weight excluding hydrogens is 450 g/mol. The molecule has 0 spiro atoms. The molecule has 4 rings (SSSR count). The lowest BCUT2D eigenvalue weighted by molar-refractivity contribution is -0.123. The summed E-state index contributed by atoms with van der Waals surface area (Å²) in [6.45, 7) is 0. The predicted octanol–water partition coefficient (Wildman–Crippen LogP) is 3.69. The van der Waals surface area contributed by atoms with Crippen LogP contribution in [-0.4, -0.2) is 32.3 Å². The summed E-state index contributed by atoms with van der Waals surface area (Å²) in [4.78, 5) is 25.0. The summed E-state index contributed by atoms with van der Waals surface area (Å²) >= 11 is 0. The summed E-state index contributed by atoms with van der Waals surface area (Å²) in [6.07, 6.45) is 8.65. The molecule has 2 aromatic rings. The number of rotatable bonds is 7. The minimum Gasteiger partial charge on any atom is -0.352 e. The summed E-state index contributed by atoms with van der Waals surface area (Å²) < 4.78 is 29.3. The second-order valence-corrected chi connectivity index (χ2v) is 11.0. The topological polar surface area (TPSA) is 104 Å². The van der Waals surface area contributed by atoms with Crippen LogP contribution in [0.2, 0.25) is 0 Å². The van der Waals surface area contributed by atoms with Crippen LogP contribution in [0.25, 0.3) is 0 Å². The van der Waals surface area contributed by atoms with E-state index in [2.05, 4.69) is 15.4 Å². The molecule has 34 heavy (non-hydrogen) atoms. The Balaban J connectivity index is 1.53. The van der Waals surface area contributed by atoms with Gasteiger partial charge < -0.3 is 10.6 Å². The molecular formula is C26H33N3O4S. The highest BCUT2D eigenvalue weighted by Crippen LogP contribution is 2.26. The van der Waals surface area contributed by atoms with E-state index in [1.165, 1.54) is 25.3 Å². The summed E-state index contributed by atoms with van der Waals surface area (Å²) in [7, 11) is -3.95. The number of aryl methyl sites for hydroxylation is 1. The van der Waals surface area contributed by atoms with Gasteiger partial charge in [-0.05, 0) is 55.0 Å². The van der Waals surface area contributed by atoms with Crippen LogP contribution in [0.15, 0.2) is 53.4 Å². The molecule has 2 aromatic carbocycles. The van der Waals surface area contributed by atoms with Gasteiger partial charge in [0.25, 0.3) is 0 Å². The van der Waals surface area contributed by atoms with Gasteiger partial charge in [-0.25, -0.2) is 8.42 Å². The average Bonchev–Trinajstić information content (AvgIpc) is 2.80. The van der Waals surface area contributed by atoms with Gasteiger partial charge in [0.2, 0.25) is 21.8 Å². The Morgan fingerprint density at radius 2 is 1.68 bits per heavy atom. The number of sulfonamides is 1. The number of hydrogen-bond acceptors (Lipinski definition) is 4. The van der Waals surface area contributed by atoms with E-state index in [1.807, 2.05) is 30.3 Å². The third kappa shape index (κ3) is 6.45. The van der Waals surface area contributed by atoms with E-state index in [4.69, 9.17) is 0 Å². The third-order valence-electron chi connectivity index (χ3n) is 6.63. The summed E-state index contributed by atoms with van der Waals surface area (Å²) in [5, 5.41) is 5.89. The maximum absolute atomic E-state index is 13.3. The molecule has 0 aromatic heterocycles. The second-order valence-electron chi connectivity index (χ2n) is 9.28. The van der Waals surface area contributed by atoms with Crippen LogP contribution < -0.4 is 15.4 Å². The number of fused-ring (bicyclic) bond motifs is 1. The van der Waals surface area contributed by atoms with Gasteiger partial charge >= 0.3 is 0 Å². The number of hydrogen-bond donors (Lipinski definition) is 3. The molecule has 182 valence electrons. The molecule has 0 saturated heterocycles. The molecule has 1 fully saturated rings. The molecule has 3 N–H and O–H groups in total. The number of anilines is 1. The van der Waals surface area contributed by atoms with Crippen molar-refractivity contribution >= 4 is 27.5 Å². The van der Waals surface area contributed by atoms with Gasteiger partial charge in [-0.15, -0.1) is 0 Å². The van der Waals surface area contributed by atoms with Gasteiger partial charge in [-0.1, -0.05) is 62.4 Å². The Hall–Kier alpha value is -2.71. The highest BCUT2D eigenvalue weighted by atomic mass is 32.2. The van der Waals surface area contributed by atoms with E-state index in [-0.39, 0.29) is 29.2 Å². The molecule has 8 heteroatoms. The van der Waals surface area contributed by atoms with Gasteiger partial charge in [0.1, 0.15) is 6.04 Å². The normalized spacial score (nSPS) is 18.2. The van der Waals surface area contributed by atoms with Crippen LogP contribution in [0.1, 0.15) is 62.5 Å². The molecule has 2 amide bonds. The summed E-state index contributed by atoms with van der Waals surface area (Å²) in [6, 6.07) is 13.3. The van der Waals surface area contributed by atoms with Gasteiger partial charge in [-0.2, -0.15) is 4.72 Å². The Bertz CT molecular complexity index is 1110. The lowest BCUT2D eigenvalue weighted by Crippen LogP contribution is -2.50. The fourth-order valence-electron chi connectivity index (χ4n) is 4.72. The smallest absolute Gasteiger partial charge is 0.241 e. The zero-order valence-corrected chi connectivity index (χ0v) is 20.2. The van der Waals surface area contributed by atoms with E-state index >= 15 is 0 Å². The van der Waals surface area contributed by atoms with Gasteiger partial charge in [-0.3, -0.25) is 9.59 Å². The van der Waals surface area contributed by atoms with E-state index < -0.39 is 16.1 Å². The van der Waals surface area contributed by atoms with Crippen molar-refractivity contribution in [3.8, 4) is 0 Å². The van der Waals surface area contributed by atoms with Crippen molar-refractivity contribution in [2.45, 2.75) is 81.2 Å². The number of benzene rings is 2. The standard InChI is InChI=1S/C26H33N3O4S/c30-25-16-13-20-18-22(14-15-23(20)28-25)34(32,33)29-24(17-19-9-5-4-6-10-19)26(31)27-21-11-7-2-1-3-8-12-21/h4-6,9-10,14-15,18,21,24,29H,1-3,7-8,11-13,16-17H2,(H,27,31)(H,28,30)/t24-/m0/s1. The second kappa shape index (κ2) is 11.1. The van der Waals surface area contributed by atoms with Crippen LogP contribution in [0.4, 0.5) is 5.69 Å². The van der Waals surface area contributed by atoms with Crippen molar-refractivity contribution in [1.82, 2.24) is 10.0 Å². The third-order valence-corrected chi connectivity index (χ3v) is 8.10. The molecule has 1 aliphatic heterocycles. The maximum Gasteiger partial charge on any atom is 0.241 e. The zero-order chi connectivity index (χ0) is 24.0. The number of amides is 2. The van der Waals surface area contributed by atoms with E-state index in [1.54, 1.807) is 12.1 Å². The van der Waals surface area contributed by atoms with E-state index in [0.717, 1.165) is 36.8 Å². The van der Waals surface area contributed by atoms with E-state index in [0.29, 0.717) is 18.5 Å². The average molecular weight is 484 g/mol. The van der Waals surface area contributed by atoms with Crippen molar-refractivity contribution in [1.29, 1.82) is 0 Å². The SMILES string of the molecule is O=C1CCc2cc(S(=O)(=O)N[C@@H](Cc3ccccc3)C(=O)NC3CCCCCCC3)ccc2N1. The molecule has 0 radical (unpaired) electrons. The minimum atomic E-state index is -3.95. The van der Waals surface area contributed by atoms with Crippen molar-refractivity contribution in [2.75, 3.05) is 5.32 Å². The summed E-state index contributed by atoms with van der Waals surface area (Å²) in [5.41, 5.74) is 2.30. The van der Waals surface area contributed by atoms with Gasteiger partial charge in [0.15, 0.2) is 0 Å². The first kappa shape index (κ1) is 24.4. The monoisotopic (exact) mass is 483 g/mol. The number of carbonyl (C=O) groups excluding carboxylic acids is 2. The van der Waals surface area contributed by atoms with Crippen LogP contribution in [-0.2, 0) is 32.5 Å². The maximum atomic E-state index is 13.3. The van der Waals surface area contributed by atoms with Gasteiger partial charge in [0, 0.05) is 18.2 Å². The fraction of sp³-hybridized carbons (Fsp3) is 0.462. The number of carbonyl (C=O) groups is 2. The Kier molecular flexibility index (Phi) is 8.00. The first-order valence-corrected chi connectivity index (χ1v) is 13.7.